The highest BCUT2D eigenvalue weighted by molar-refractivity contribution is 6.37. The van der Waals surface area contributed by atoms with Gasteiger partial charge in [-0.25, -0.2) is 30.7 Å². The number of ether oxygens (including phenoxy) is 6. The number of aryl methyl sites for hydroxylation is 4. The number of pyridine rings is 4. The lowest BCUT2D eigenvalue weighted by Crippen LogP contribution is -2.46. The van der Waals surface area contributed by atoms with Gasteiger partial charge in [0.25, 0.3) is 0 Å². The Morgan fingerprint density at radius 3 is 1.15 bits per heavy atom. The number of alkyl halides is 3. The molecule has 9 N–H and O–H groups in total. The molecule has 31 nitrogen and oxygen atoms in total. The van der Waals surface area contributed by atoms with E-state index < -0.39 is 117 Å². The third kappa shape index (κ3) is 24.8. The Labute approximate surface area is 870 Å². The van der Waals surface area contributed by atoms with Gasteiger partial charge in [0.15, 0.2) is 28.9 Å². The van der Waals surface area contributed by atoms with Crippen molar-refractivity contribution in [1.29, 1.82) is 0 Å². The number of aromatic nitrogens is 4. The molecule has 0 bridgehead atoms. The van der Waals surface area contributed by atoms with Crippen LogP contribution >= 0.6 is 34.8 Å². The van der Waals surface area contributed by atoms with Crippen molar-refractivity contribution in [3.8, 4) is 23.0 Å². The number of esters is 2. The summed E-state index contributed by atoms with van der Waals surface area (Å²) in [5.74, 6) is -9.37. The third-order valence-electron chi connectivity index (χ3n) is 28.4. The van der Waals surface area contributed by atoms with E-state index in [1.165, 1.54) is 23.1 Å². The number of likely N-dealkylation sites (tertiary alicyclic amines) is 2. The standard InChI is InChI=1S/C30H30F4N4O5.C30H35FN4O4.C25H24Cl2N2O5.C25H25ClN2O5/c1-2-19-12-18(21-5-3-4-6-24(21)35-19)16-43-25-8-7-17(11-23(25)31)13-29(14-22(29)26(39)37-42)28(41)38-10-9-20(15-38)36-27(40)30(32,33)34;1-4-21-14-20(23-7-5-6-8-26(23)32-21)18-39-27-10-9-19(13-25(27)31)15-30(16-24(30)28(36)33-38)29(37)35-12-11-22(17-35)34(2)3;1-3-33-24(31)25(12-18(25)23(30)29-32)11-15-9-19(26)22(20(27)10-15)34-13-16-8-14(2)28-21-7-5-4-6-17(16)21;1-3-32-24(30)25(13-19(25)23(29)28-31)12-16-8-9-22(20(26)11-16)33-14-17-10-15(2)27-21-7-5-4-6-18(17)21/h3-8,11-12,20,22,42H,2,9-10,13-16H2,1H3,(H,36,40)(H,37,39);5-10,13-14,22,24,38H,4,11-12,15-18H2,1-3H3,(H,33,36);4-10,18,32H,3,11-13H2,1-2H3,(H,29,30);4-11,19,31H,3,12-14H2,1-2H3,(H,28,29)/t20-,22-,29+;22-,24+,30-;18-,25+;19-,25+/m1011/s1. The molecule has 4 saturated carbocycles. The van der Waals surface area contributed by atoms with Crippen molar-refractivity contribution in [2.75, 3.05) is 53.5 Å². The van der Waals surface area contributed by atoms with Crippen LogP contribution in [-0.4, -0.2) is 181 Å². The Kier molecular flexibility index (Phi) is 34.4. The summed E-state index contributed by atoms with van der Waals surface area (Å²) in [5.41, 5.74) is 15.4. The molecule has 6 aliphatic rings. The average Bonchev–Trinajstić information content (AvgIpc) is 1.58. The zero-order valence-electron chi connectivity index (χ0n) is 83.0. The highest BCUT2D eigenvalue weighted by Crippen LogP contribution is 2.60. The van der Waals surface area contributed by atoms with Gasteiger partial charge in [-0.15, -0.1) is 0 Å². The highest BCUT2D eigenvalue weighted by Gasteiger charge is 2.68. The third-order valence-corrected chi connectivity index (χ3v) is 29.3. The van der Waals surface area contributed by atoms with Gasteiger partial charge in [0.1, 0.15) is 32.2 Å². The molecular formula is C110H114Cl3F5N12O19. The number of carbonyl (C=O) groups excluding carboxylic acids is 9. The van der Waals surface area contributed by atoms with Gasteiger partial charge in [-0.05, 0) is 238 Å². The molecule has 6 fully saturated rings. The first-order valence-corrected chi connectivity index (χ1v) is 50.0. The molecule has 4 aliphatic carbocycles. The maximum Gasteiger partial charge on any atom is 0.471 e. The Morgan fingerprint density at radius 1 is 0.423 bits per heavy atom. The maximum atomic E-state index is 15.2. The second-order valence-electron chi connectivity index (χ2n) is 38.6. The van der Waals surface area contributed by atoms with E-state index in [1.807, 2.05) is 175 Å². The molecule has 2 saturated heterocycles. The minimum Gasteiger partial charge on any atom is -0.487 e. The van der Waals surface area contributed by atoms with Crippen LogP contribution in [0.5, 0.6) is 23.0 Å². The molecule has 0 spiro atoms. The molecule has 149 heavy (non-hydrogen) atoms. The Hall–Kier alpha value is -13.9. The van der Waals surface area contributed by atoms with Crippen molar-refractivity contribution in [1.82, 2.24) is 61.9 Å². The lowest BCUT2D eigenvalue weighted by Gasteiger charge is -2.25. The fourth-order valence-electron chi connectivity index (χ4n) is 20.3. The first-order chi connectivity index (χ1) is 71.4. The van der Waals surface area contributed by atoms with E-state index in [-0.39, 0.29) is 115 Å². The summed E-state index contributed by atoms with van der Waals surface area (Å²) in [7, 11) is 3.97. The van der Waals surface area contributed by atoms with E-state index >= 15 is 8.78 Å². The monoisotopic (exact) mass is 2110 g/mol. The van der Waals surface area contributed by atoms with Crippen LogP contribution in [0.4, 0.5) is 22.0 Å². The predicted octanol–water partition coefficient (Wildman–Crippen LogP) is 17.0. The number of para-hydroxylation sites is 4. The molecule has 12 aromatic rings. The van der Waals surface area contributed by atoms with Gasteiger partial charge >= 0.3 is 24.0 Å². The van der Waals surface area contributed by atoms with Crippen molar-refractivity contribution in [3.05, 3.63) is 282 Å². The number of benzene rings is 8. The van der Waals surface area contributed by atoms with Crippen molar-refractivity contribution in [3.63, 3.8) is 0 Å². The number of nitrogens with one attached hydrogen (secondary N) is 5. The number of fused-ring (bicyclic) bond motifs is 4. The van der Waals surface area contributed by atoms with Crippen LogP contribution in [0.1, 0.15) is 134 Å². The number of hydrogen-bond donors (Lipinski definition) is 9. The molecule has 2 aliphatic heterocycles. The molecule has 784 valence electrons. The number of amides is 7. The minimum absolute atomic E-state index is 0.00805. The molecule has 4 aromatic heterocycles. The first-order valence-electron chi connectivity index (χ1n) is 48.9. The number of nitrogens with zero attached hydrogens (tertiary/aromatic N) is 7. The van der Waals surface area contributed by atoms with Gasteiger partial charge < -0.3 is 48.4 Å². The molecule has 8 aromatic carbocycles. The average molecular weight is 2110 g/mol. The number of rotatable bonds is 34. The molecular weight excluding hydrogens is 1990 g/mol. The fraction of sp³-hybridized carbons (Fsp3) is 0.373. The predicted molar refractivity (Wildman–Crippen MR) is 541 cm³/mol. The zero-order valence-corrected chi connectivity index (χ0v) is 85.3. The number of carbonyl (C=O) groups is 9. The van der Waals surface area contributed by atoms with Crippen LogP contribution in [-0.2, 0) is 118 Å². The summed E-state index contributed by atoms with van der Waals surface area (Å²) in [6, 6.07) is 55.9. The van der Waals surface area contributed by atoms with Crippen molar-refractivity contribution >= 4 is 132 Å². The van der Waals surface area contributed by atoms with Crippen LogP contribution in [0.2, 0.25) is 15.1 Å². The number of hydrogen-bond acceptors (Lipinski definition) is 24. The molecule has 0 unspecified atom stereocenters. The summed E-state index contributed by atoms with van der Waals surface area (Å²) < 4.78 is 103. The lowest BCUT2D eigenvalue weighted by molar-refractivity contribution is -0.174. The largest absolute Gasteiger partial charge is 0.487 e. The van der Waals surface area contributed by atoms with Gasteiger partial charge in [0, 0.05) is 105 Å². The maximum absolute atomic E-state index is 15.2. The van der Waals surface area contributed by atoms with Gasteiger partial charge in [0.05, 0.1) is 95.7 Å². The van der Waals surface area contributed by atoms with E-state index in [0.717, 1.165) is 113 Å². The zero-order chi connectivity index (χ0) is 107. The molecule has 39 heteroatoms. The van der Waals surface area contributed by atoms with E-state index in [9.17, 15) is 66.7 Å². The van der Waals surface area contributed by atoms with E-state index in [0.29, 0.717) is 75.8 Å². The van der Waals surface area contributed by atoms with Gasteiger partial charge in [-0.3, -0.25) is 83.9 Å². The number of hydroxylamine groups is 4. The molecule has 10 atom stereocenters. The minimum atomic E-state index is -5.05. The van der Waals surface area contributed by atoms with Crippen molar-refractivity contribution < 1.29 is 114 Å². The summed E-state index contributed by atoms with van der Waals surface area (Å²) in [5, 5.41) is 43.1. The normalized spacial score (nSPS) is 20.7. The van der Waals surface area contributed by atoms with E-state index in [1.54, 1.807) is 83.1 Å². The molecule has 18 rings (SSSR count). The quantitative estimate of drug-likeness (QED) is 0.00783. The Balaban J connectivity index is 0.000000149. The summed E-state index contributed by atoms with van der Waals surface area (Å²) in [4.78, 5) is 136. The second kappa shape index (κ2) is 46.9. The van der Waals surface area contributed by atoms with Gasteiger partial charge in [-0.1, -0.05) is 140 Å². The topological polar surface area (TPSA) is 411 Å². The highest BCUT2D eigenvalue weighted by atomic mass is 35.5. The molecule has 0 radical (unpaired) electrons. The van der Waals surface area contributed by atoms with E-state index in [2.05, 4.69) is 24.8 Å². The van der Waals surface area contributed by atoms with Crippen molar-refractivity contribution in [2.45, 2.75) is 163 Å². The molecule has 7 amide bonds. The first kappa shape index (κ1) is 109. The van der Waals surface area contributed by atoms with Crippen molar-refractivity contribution in [2.24, 2.45) is 45.3 Å². The second-order valence-corrected chi connectivity index (χ2v) is 39.8. The smallest absolute Gasteiger partial charge is 0.471 e. The van der Waals surface area contributed by atoms with Gasteiger partial charge in [0.2, 0.25) is 35.4 Å². The fourth-order valence-corrected chi connectivity index (χ4v) is 21.2. The summed E-state index contributed by atoms with van der Waals surface area (Å²) in [6.07, 6.45) is -1.01. The van der Waals surface area contributed by atoms with Crippen LogP contribution in [0.3, 0.4) is 0 Å². The number of halogens is 8. The summed E-state index contributed by atoms with van der Waals surface area (Å²) >= 11 is 19.5. The Morgan fingerprint density at radius 2 is 0.765 bits per heavy atom. The lowest BCUT2D eigenvalue weighted by atomic mass is 9.91. The van der Waals surface area contributed by atoms with Crippen LogP contribution in [0, 0.1) is 70.8 Å². The van der Waals surface area contributed by atoms with E-state index in [4.69, 9.17) is 73.6 Å². The molecule has 6 heterocycles. The number of likely N-dealkylation sites (N-methyl/N-ethyl adjacent to an activating group) is 1. The van der Waals surface area contributed by atoms with Crippen LogP contribution < -0.4 is 46.2 Å². The van der Waals surface area contributed by atoms with Crippen LogP contribution in [0.15, 0.2) is 188 Å². The SMILES string of the molecule is CCOC(=O)[C@@]1(Cc2cc(Cl)c(OCc3cc(C)nc4ccccc34)c(Cl)c2)C[C@@H]1C(=O)NO.CCOC(=O)[C@@]1(Cc2ccc(OCc3cc(C)nc4ccccc34)c(Cl)c2)C[C@@H]1C(=O)NO.CCc1cc(COc2ccc(C[C@]3(C(=O)N4CC[C@@H](NC(=O)C(F)(F)F)C4)C[C@@H]3C(=O)NO)cc2F)c2ccccc2n1.CCc1cc(COc2ccc(C[C@]3(C(=O)N4CC[C@H](N(C)C)C4)C[C@@H]3C(=O)NO)cc2F)c2ccccc2n1. The van der Waals surface area contributed by atoms with Crippen LogP contribution in [0.25, 0.3) is 43.6 Å². The van der Waals surface area contributed by atoms with Gasteiger partial charge in [-0.2, -0.15) is 13.2 Å². The Bertz CT molecular complexity index is 7080. The summed E-state index contributed by atoms with van der Waals surface area (Å²) in [6.45, 7) is 13.7.